The van der Waals surface area contributed by atoms with Crippen LogP contribution < -0.4 is 5.32 Å². The van der Waals surface area contributed by atoms with E-state index in [2.05, 4.69) is 24.4 Å². The highest BCUT2D eigenvalue weighted by Gasteiger charge is 2.37. The van der Waals surface area contributed by atoms with Crippen molar-refractivity contribution >= 4 is 11.6 Å². The molecule has 0 atom stereocenters. The molecular formula is C18H28ClN. The van der Waals surface area contributed by atoms with E-state index in [1.807, 2.05) is 12.1 Å². The summed E-state index contributed by atoms with van der Waals surface area (Å²) in [4.78, 5) is 0. The molecule has 1 aromatic rings. The first-order valence-corrected chi connectivity index (χ1v) is 8.61. The van der Waals surface area contributed by atoms with Gasteiger partial charge in [-0.3, -0.25) is 0 Å². The monoisotopic (exact) mass is 293 g/mol. The number of hydrogen-bond acceptors (Lipinski definition) is 1. The third-order valence-corrected chi connectivity index (χ3v) is 4.89. The lowest BCUT2D eigenvalue weighted by atomic mass is 9.71. The number of unbranched alkanes of at least 4 members (excludes halogenated alkanes) is 6. The molecule has 1 fully saturated rings. The van der Waals surface area contributed by atoms with Crippen LogP contribution in [0.2, 0.25) is 5.02 Å². The lowest BCUT2D eigenvalue weighted by Crippen LogP contribution is -2.56. The third-order valence-electron chi connectivity index (χ3n) is 4.64. The van der Waals surface area contributed by atoms with Crippen LogP contribution in [0.15, 0.2) is 24.3 Å². The van der Waals surface area contributed by atoms with Gasteiger partial charge < -0.3 is 5.32 Å². The van der Waals surface area contributed by atoms with Crippen molar-refractivity contribution in [2.75, 3.05) is 13.1 Å². The average molecular weight is 294 g/mol. The van der Waals surface area contributed by atoms with E-state index < -0.39 is 0 Å². The van der Waals surface area contributed by atoms with Crippen LogP contribution in [0.5, 0.6) is 0 Å². The van der Waals surface area contributed by atoms with Crippen LogP contribution >= 0.6 is 11.6 Å². The Labute approximate surface area is 129 Å². The second-order valence-electron chi connectivity index (χ2n) is 6.26. The van der Waals surface area contributed by atoms with Crippen LogP contribution in [-0.4, -0.2) is 13.1 Å². The molecule has 0 saturated carbocycles. The molecule has 1 N–H and O–H groups in total. The summed E-state index contributed by atoms with van der Waals surface area (Å²) in [6, 6.07) is 8.48. The molecule has 1 nitrogen and oxygen atoms in total. The van der Waals surface area contributed by atoms with Gasteiger partial charge in [0.05, 0.1) is 0 Å². The van der Waals surface area contributed by atoms with Crippen LogP contribution in [0.1, 0.15) is 63.9 Å². The Morgan fingerprint density at radius 2 is 1.55 bits per heavy atom. The maximum atomic E-state index is 5.99. The largest absolute Gasteiger partial charge is 0.315 e. The summed E-state index contributed by atoms with van der Waals surface area (Å²) in [5.41, 5.74) is 1.85. The fraction of sp³-hybridized carbons (Fsp3) is 0.667. The van der Waals surface area contributed by atoms with E-state index >= 15 is 0 Å². The Balaban J connectivity index is 1.73. The van der Waals surface area contributed by atoms with E-state index in [1.165, 1.54) is 56.9 Å². The van der Waals surface area contributed by atoms with Gasteiger partial charge in [0.1, 0.15) is 0 Å². The summed E-state index contributed by atoms with van der Waals surface area (Å²) in [5.74, 6) is 0. The predicted octanol–water partition coefficient (Wildman–Crippen LogP) is 5.32. The minimum Gasteiger partial charge on any atom is -0.315 e. The third kappa shape index (κ3) is 4.23. The normalized spacial score (nSPS) is 16.9. The fourth-order valence-electron chi connectivity index (χ4n) is 3.18. The molecule has 0 spiro atoms. The van der Waals surface area contributed by atoms with Crippen molar-refractivity contribution in [1.29, 1.82) is 0 Å². The SMILES string of the molecule is CCCCCCCCCC1(c2ccc(Cl)cc2)CNC1. The first-order valence-electron chi connectivity index (χ1n) is 8.24. The van der Waals surface area contributed by atoms with Gasteiger partial charge in [0.25, 0.3) is 0 Å². The summed E-state index contributed by atoms with van der Waals surface area (Å²) in [6.07, 6.45) is 11.0. The summed E-state index contributed by atoms with van der Waals surface area (Å²) in [7, 11) is 0. The lowest BCUT2D eigenvalue weighted by Gasteiger charge is -2.43. The van der Waals surface area contributed by atoms with Gasteiger partial charge in [-0.15, -0.1) is 0 Å². The first-order chi connectivity index (χ1) is 9.77. The van der Waals surface area contributed by atoms with E-state index in [0.717, 1.165) is 18.1 Å². The molecule has 0 aliphatic carbocycles. The van der Waals surface area contributed by atoms with Gasteiger partial charge in [-0.1, -0.05) is 75.6 Å². The Kier molecular flexibility index (Phi) is 6.38. The summed E-state index contributed by atoms with van der Waals surface area (Å²) < 4.78 is 0. The van der Waals surface area contributed by atoms with E-state index in [4.69, 9.17) is 11.6 Å². The Hall–Kier alpha value is -0.530. The van der Waals surface area contributed by atoms with Gasteiger partial charge in [0.15, 0.2) is 0 Å². The molecular weight excluding hydrogens is 266 g/mol. The van der Waals surface area contributed by atoms with Crippen molar-refractivity contribution in [3.8, 4) is 0 Å². The molecule has 1 heterocycles. The molecule has 0 amide bonds. The Morgan fingerprint density at radius 1 is 0.950 bits per heavy atom. The average Bonchev–Trinajstić information content (AvgIpc) is 2.41. The molecule has 1 aliphatic heterocycles. The minimum absolute atomic E-state index is 0.383. The van der Waals surface area contributed by atoms with Crippen molar-refractivity contribution < 1.29 is 0 Å². The van der Waals surface area contributed by atoms with Gasteiger partial charge in [0.2, 0.25) is 0 Å². The second-order valence-corrected chi connectivity index (χ2v) is 6.70. The topological polar surface area (TPSA) is 12.0 Å². The van der Waals surface area contributed by atoms with Gasteiger partial charge in [-0.05, 0) is 24.1 Å². The minimum atomic E-state index is 0.383. The number of nitrogens with one attached hydrogen (secondary N) is 1. The molecule has 0 unspecified atom stereocenters. The van der Waals surface area contributed by atoms with Crippen molar-refractivity contribution in [1.82, 2.24) is 5.32 Å². The molecule has 1 saturated heterocycles. The van der Waals surface area contributed by atoms with E-state index in [-0.39, 0.29) is 0 Å². The zero-order valence-corrected chi connectivity index (χ0v) is 13.5. The van der Waals surface area contributed by atoms with Crippen molar-refractivity contribution in [3.63, 3.8) is 0 Å². The Bertz CT molecular complexity index is 381. The molecule has 0 bridgehead atoms. The van der Waals surface area contributed by atoms with Gasteiger partial charge in [0, 0.05) is 23.5 Å². The van der Waals surface area contributed by atoms with Crippen molar-refractivity contribution in [2.45, 2.75) is 63.7 Å². The van der Waals surface area contributed by atoms with Gasteiger partial charge in [-0.25, -0.2) is 0 Å². The quantitative estimate of drug-likeness (QED) is 0.607. The van der Waals surface area contributed by atoms with Crippen LogP contribution in [0.25, 0.3) is 0 Å². The Morgan fingerprint density at radius 3 is 2.10 bits per heavy atom. The molecule has 2 rings (SSSR count). The smallest absolute Gasteiger partial charge is 0.0406 e. The second kappa shape index (κ2) is 8.05. The van der Waals surface area contributed by atoms with E-state index in [9.17, 15) is 0 Å². The number of halogens is 1. The van der Waals surface area contributed by atoms with Crippen LogP contribution in [0.3, 0.4) is 0 Å². The summed E-state index contributed by atoms with van der Waals surface area (Å²) in [6.45, 7) is 4.54. The van der Waals surface area contributed by atoms with Gasteiger partial charge >= 0.3 is 0 Å². The maximum Gasteiger partial charge on any atom is 0.0406 e. The zero-order chi connectivity index (χ0) is 14.3. The summed E-state index contributed by atoms with van der Waals surface area (Å²) >= 11 is 5.99. The molecule has 0 aromatic heterocycles. The van der Waals surface area contributed by atoms with Crippen LogP contribution in [0, 0.1) is 0 Å². The van der Waals surface area contributed by atoms with Crippen molar-refractivity contribution in [3.05, 3.63) is 34.9 Å². The number of hydrogen-bond donors (Lipinski definition) is 1. The summed E-state index contributed by atoms with van der Waals surface area (Å²) in [5, 5.41) is 4.29. The molecule has 2 heteroatoms. The predicted molar refractivity (Wildman–Crippen MR) is 88.6 cm³/mol. The highest BCUT2D eigenvalue weighted by Crippen LogP contribution is 2.34. The maximum absolute atomic E-state index is 5.99. The standard InChI is InChI=1S/C18H28ClN/c1-2-3-4-5-6-7-8-13-18(14-20-15-18)16-9-11-17(19)12-10-16/h9-12,20H,2-8,13-15H2,1H3. The zero-order valence-electron chi connectivity index (χ0n) is 12.8. The van der Waals surface area contributed by atoms with Crippen molar-refractivity contribution in [2.24, 2.45) is 0 Å². The van der Waals surface area contributed by atoms with E-state index in [0.29, 0.717) is 5.41 Å². The van der Waals surface area contributed by atoms with Crippen LogP contribution in [-0.2, 0) is 5.41 Å². The van der Waals surface area contributed by atoms with E-state index in [1.54, 1.807) is 0 Å². The molecule has 1 aromatic carbocycles. The number of benzene rings is 1. The highest BCUT2D eigenvalue weighted by molar-refractivity contribution is 6.30. The highest BCUT2D eigenvalue weighted by atomic mass is 35.5. The molecule has 112 valence electrons. The fourth-order valence-corrected chi connectivity index (χ4v) is 3.30. The molecule has 20 heavy (non-hydrogen) atoms. The number of rotatable bonds is 9. The first kappa shape index (κ1) is 15.9. The van der Waals surface area contributed by atoms with Crippen LogP contribution in [0.4, 0.5) is 0 Å². The molecule has 0 radical (unpaired) electrons. The lowest BCUT2D eigenvalue weighted by molar-refractivity contribution is 0.249. The van der Waals surface area contributed by atoms with Gasteiger partial charge in [-0.2, -0.15) is 0 Å². The molecule has 1 aliphatic rings.